The number of rotatable bonds is 11. The number of hydrogen-bond acceptors (Lipinski definition) is 8. The van der Waals surface area contributed by atoms with Gasteiger partial charge in [-0.2, -0.15) is 0 Å². The molecule has 1 N–H and O–H groups in total. The van der Waals surface area contributed by atoms with Crippen molar-refractivity contribution in [1.29, 1.82) is 0 Å². The SMILES string of the molecule is CC[C@H](Oc1cc(F)ccc1Nc1ncnc2c1N(CCCN(C)C)CS2)[C@H](C)OC. The molecule has 0 aliphatic carbocycles. The zero-order valence-electron chi connectivity index (χ0n) is 18.9. The van der Waals surface area contributed by atoms with Gasteiger partial charge in [-0.1, -0.05) is 18.7 Å². The third kappa shape index (κ3) is 5.99. The van der Waals surface area contributed by atoms with Gasteiger partial charge in [0.1, 0.15) is 34.7 Å². The Balaban J connectivity index is 1.84. The van der Waals surface area contributed by atoms with Gasteiger partial charge in [-0.25, -0.2) is 14.4 Å². The van der Waals surface area contributed by atoms with E-state index in [9.17, 15) is 4.39 Å². The molecule has 0 radical (unpaired) electrons. The van der Waals surface area contributed by atoms with Gasteiger partial charge >= 0.3 is 0 Å². The van der Waals surface area contributed by atoms with Crippen LogP contribution in [-0.2, 0) is 4.74 Å². The molecule has 9 heteroatoms. The monoisotopic (exact) mass is 449 g/mol. The molecule has 0 saturated carbocycles. The van der Waals surface area contributed by atoms with Gasteiger partial charge in [0.15, 0.2) is 5.82 Å². The summed E-state index contributed by atoms with van der Waals surface area (Å²) < 4.78 is 25.6. The Morgan fingerprint density at radius 3 is 2.84 bits per heavy atom. The standard InChI is InChI=1S/C22H32FN5O2S/c1-6-18(15(2)29-5)30-19-12-16(23)8-9-17(19)26-21-20-22(25-13-24-21)31-14-28(20)11-7-10-27(3)4/h8-9,12-13,15,18H,6-7,10-11,14H2,1-5H3,(H,24,25,26)/t15-,18-/m0/s1. The van der Waals surface area contributed by atoms with Crippen LogP contribution in [0.1, 0.15) is 26.7 Å². The van der Waals surface area contributed by atoms with E-state index >= 15 is 0 Å². The molecule has 1 aromatic carbocycles. The molecule has 3 rings (SSSR count). The Morgan fingerprint density at radius 2 is 2.13 bits per heavy atom. The van der Waals surface area contributed by atoms with Crippen molar-refractivity contribution in [3.8, 4) is 5.75 Å². The number of hydrogen-bond donors (Lipinski definition) is 1. The van der Waals surface area contributed by atoms with Gasteiger partial charge in [0.05, 0.1) is 17.7 Å². The first-order valence-electron chi connectivity index (χ1n) is 10.6. The molecule has 2 atom stereocenters. The number of nitrogens with zero attached hydrogens (tertiary/aromatic N) is 4. The van der Waals surface area contributed by atoms with E-state index < -0.39 is 0 Å². The first-order chi connectivity index (χ1) is 14.9. The maximum atomic E-state index is 14.0. The summed E-state index contributed by atoms with van der Waals surface area (Å²) in [5.41, 5.74) is 1.65. The Kier molecular flexibility index (Phi) is 8.34. The molecule has 1 aromatic heterocycles. The smallest absolute Gasteiger partial charge is 0.158 e. The minimum atomic E-state index is -0.353. The van der Waals surface area contributed by atoms with E-state index in [0.717, 1.165) is 42.5 Å². The summed E-state index contributed by atoms with van der Waals surface area (Å²) in [5, 5.41) is 4.32. The summed E-state index contributed by atoms with van der Waals surface area (Å²) in [6, 6.07) is 4.50. The number of methoxy groups -OCH3 is 1. The second-order valence-corrected chi connectivity index (χ2v) is 8.77. The molecule has 2 aromatic rings. The quantitative estimate of drug-likeness (QED) is 0.508. The maximum absolute atomic E-state index is 14.0. The first-order valence-corrected chi connectivity index (χ1v) is 11.5. The number of nitrogens with one attached hydrogen (secondary N) is 1. The molecule has 2 heterocycles. The molecular formula is C22H32FN5O2S. The van der Waals surface area contributed by atoms with Gasteiger partial charge in [-0.05, 0) is 52.5 Å². The van der Waals surface area contributed by atoms with Gasteiger partial charge in [0.2, 0.25) is 0 Å². The van der Waals surface area contributed by atoms with Crippen LogP contribution in [0.2, 0.25) is 0 Å². The van der Waals surface area contributed by atoms with Crippen LogP contribution in [0.25, 0.3) is 0 Å². The Labute approximate surface area is 188 Å². The van der Waals surface area contributed by atoms with Crippen LogP contribution >= 0.6 is 11.8 Å². The summed E-state index contributed by atoms with van der Waals surface area (Å²) in [6.45, 7) is 5.89. The van der Waals surface area contributed by atoms with Crippen LogP contribution < -0.4 is 15.0 Å². The Morgan fingerprint density at radius 1 is 1.32 bits per heavy atom. The lowest BCUT2D eigenvalue weighted by Gasteiger charge is -2.25. The number of ether oxygens (including phenoxy) is 2. The molecule has 7 nitrogen and oxygen atoms in total. The molecule has 0 unspecified atom stereocenters. The van der Waals surface area contributed by atoms with Crippen molar-refractivity contribution >= 4 is 29.0 Å². The molecule has 1 aliphatic heterocycles. The fourth-order valence-corrected chi connectivity index (χ4v) is 4.47. The van der Waals surface area contributed by atoms with Crippen LogP contribution in [-0.4, -0.2) is 67.2 Å². The largest absolute Gasteiger partial charge is 0.485 e. The lowest BCUT2D eigenvalue weighted by Crippen LogP contribution is -2.30. The molecule has 0 bridgehead atoms. The van der Waals surface area contributed by atoms with E-state index in [1.54, 1.807) is 31.3 Å². The minimum Gasteiger partial charge on any atom is -0.485 e. The van der Waals surface area contributed by atoms with E-state index in [-0.39, 0.29) is 18.0 Å². The normalized spacial score (nSPS) is 15.1. The number of aromatic nitrogens is 2. The highest BCUT2D eigenvalue weighted by Gasteiger charge is 2.26. The highest BCUT2D eigenvalue weighted by atomic mass is 32.2. The van der Waals surface area contributed by atoms with Crippen molar-refractivity contribution in [2.24, 2.45) is 0 Å². The summed E-state index contributed by atoms with van der Waals surface area (Å²) in [7, 11) is 5.80. The van der Waals surface area contributed by atoms with Crippen LogP contribution in [0.3, 0.4) is 0 Å². The minimum absolute atomic E-state index is 0.118. The molecule has 0 amide bonds. The van der Waals surface area contributed by atoms with Crippen LogP contribution in [0.5, 0.6) is 5.75 Å². The van der Waals surface area contributed by atoms with Crippen molar-refractivity contribution in [1.82, 2.24) is 14.9 Å². The fourth-order valence-electron chi connectivity index (χ4n) is 3.45. The molecule has 31 heavy (non-hydrogen) atoms. The highest BCUT2D eigenvalue weighted by molar-refractivity contribution is 7.99. The number of halogens is 1. The molecule has 0 spiro atoms. The van der Waals surface area contributed by atoms with E-state index in [0.29, 0.717) is 17.3 Å². The van der Waals surface area contributed by atoms with Gasteiger partial charge in [-0.3, -0.25) is 0 Å². The van der Waals surface area contributed by atoms with Crippen LogP contribution in [0.15, 0.2) is 29.6 Å². The number of anilines is 3. The third-order valence-electron chi connectivity index (χ3n) is 5.27. The topological polar surface area (TPSA) is 62.8 Å². The molecule has 0 saturated heterocycles. The number of fused-ring (bicyclic) bond motifs is 1. The van der Waals surface area contributed by atoms with Crippen molar-refractivity contribution in [2.75, 3.05) is 50.4 Å². The summed E-state index contributed by atoms with van der Waals surface area (Å²) in [4.78, 5) is 13.4. The second kappa shape index (κ2) is 11.0. The summed E-state index contributed by atoms with van der Waals surface area (Å²) >= 11 is 1.70. The lowest BCUT2D eigenvalue weighted by molar-refractivity contribution is 0.0124. The van der Waals surface area contributed by atoms with Crippen LogP contribution in [0, 0.1) is 5.82 Å². The van der Waals surface area contributed by atoms with Crippen molar-refractivity contribution in [2.45, 2.75) is 43.9 Å². The first kappa shape index (κ1) is 23.6. The van der Waals surface area contributed by atoms with Crippen LogP contribution in [0.4, 0.5) is 21.6 Å². The summed E-state index contributed by atoms with van der Waals surface area (Å²) in [6.07, 6.45) is 3.03. The zero-order chi connectivity index (χ0) is 22.4. The van der Waals surface area contributed by atoms with E-state index in [4.69, 9.17) is 9.47 Å². The van der Waals surface area contributed by atoms with E-state index in [1.165, 1.54) is 12.1 Å². The van der Waals surface area contributed by atoms with E-state index in [2.05, 4.69) is 39.2 Å². The molecule has 1 aliphatic rings. The van der Waals surface area contributed by atoms with Gasteiger partial charge in [0.25, 0.3) is 0 Å². The lowest BCUT2D eigenvalue weighted by atomic mass is 10.1. The average Bonchev–Trinajstić information content (AvgIpc) is 3.17. The number of thioether (sulfide) groups is 1. The van der Waals surface area contributed by atoms with Gasteiger partial charge in [-0.15, -0.1) is 0 Å². The van der Waals surface area contributed by atoms with Gasteiger partial charge in [0, 0.05) is 19.7 Å². The predicted molar refractivity (Wildman–Crippen MR) is 124 cm³/mol. The van der Waals surface area contributed by atoms with Crippen molar-refractivity contribution in [3.05, 3.63) is 30.3 Å². The molecule has 0 fully saturated rings. The Hall–Kier alpha value is -2.10. The second-order valence-electron chi connectivity index (χ2n) is 7.84. The van der Waals surface area contributed by atoms with Crippen molar-refractivity contribution < 1.29 is 13.9 Å². The highest BCUT2D eigenvalue weighted by Crippen LogP contribution is 2.42. The molecular weight excluding hydrogens is 417 g/mol. The summed E-state index contributed by atoms with van der Waals surface area (Å²) in [5.74, 6) is 1.62. The average molecular weight is 450 g/mol. The predicted octanol–water partition coefficient (Wildman–Crippen LogP) is 4.37. The van der Waals surface area contributed by atoms with Crippen molar-refractivity contribution in [3.63, 3.8) is 0 Å². The zero-order valence-corrected chi connectivity index (χ0v) is 19.7. The van der Waals surface area contributed by atoms with E-state index in [1.807, 2.05) is 13.8 Å². The number of benzene rings is 1. The van der Waals surface area contributed by atoms with Gasteiger partial charge < -0.3 is 24.6 Å². The maximum Gasteiger partial charge on any atom is 0.158 e. The molecule has 170 valence electrons. The third-order valence-corrected chi connectivity index (χ3v) is 6.28. The fraction of sp³-hybridized carbons (Fsp3) is 0.545. The Bertz CT molecular complexity index is 870.